The van der Waals surface area contributed by atoms with Crippen LogP contribution in [-0.4, -0.2) is 77.2 Å². The van der Waals surface area contributed by atoms with Crippen LogP contribution in [0.15, 0.2) is 12.2 Å². The maximum absolute atomic E-state index is 13.0. The number of amides is 2. The number of nitrogens with zero attached hydrogens (tertiary/aromatic N) is 2. The molecule has 1 saturated carbocycles. The Balaban J connectivity index is 0.000000396. The van der Waals surface area contributed by atoms with Gasteiger partial charge in [0.15, 0.2) is 0 Å². The van der Waals surface area contributed by atoms with Gasteiger partial charge in [0, 0.05) is 24.8 Å². The Morgan fingerprint density at radius 3 is 2.47 bits per heavy atom. The molecule has 1 aliphatic carbocycles. The van der Waals surface area contributed by atoms with Gasteiger partial charge in [-0.15, -0.1) is 0 Å². The molecular formula is C26H41N3O5. The van der Waals surface area contributed by atoms with Gasteiger partial charge in [-0.1, -0.05) is 31.4 Å². The van der Waals surface area contributed by atoms with Crippen LogP contribution in [0.2, 0.25) is 0 Å². The minimum Gasteiger partial charge on any atom is -0.479 e. The summed E-state index contributed by atoms with van der Waals surface area (Å²) in [5.41, 5.74) is -1.24. The van der Waals surface area contributed by atoms with Crippen LogP contribution in [0.1, 0.15) is 77.0 Å². The van der Waals surface area contributed by atoms with Gasteiger partial charge >= 0.3 is 5.97 Å². The largest absolute Gasteiger partial charge is 0.479 e. The Bertz CT molecular complexity index is 764. The van der Waals surface area contributed by atoms with Crippen molar-refractivity contribution >= 4 is 24.1 Å². The second-order valence-electron chi connectivity index (χ2n) is 10.3. The highest BCUT2D eigenvalue weighted by Crippen LogP contribution is 2.45. The molecule has 8 nitrogen and oxygen atoms in total. The molecule has 3 aliphatic heterocycles. The van der Waals surface area contributed by atoms with Gasteiger partial charge in [-0.3, -0.25) is 9.59 Å². The summed E-state index contributed by atoms with van der Waals surface area (Å²) in [6.07, 6.45) is 15.0. The number of aldehydes is 1. The molecule has 4 rings (SSSR count). The lowest BCUT2D eigenvalue weighted by molar-refractivity contribution is -0.146. The van der Waals surface area contributed by atoms with Crippen LogP contribution in [-0.2, 0) is 19.2 Å². The summed E-state index contributed by atoms with van der Waals surface area (Å²) >= 11 is 0. The van der Waals surface area contributed by atoms with Gasteiger partial charge in [0.1, 0.15) is 17.9 Å². The number of carbonyl (C=O) groups is 4. The van der Waals surface area contributed by atoms with E-state index in [1.165, 1.54) is 32.4 Å². The number of piperidine rings is 1. The van der Waals surface area contributed by atoms with Crippen LogP contribution in [0.4, 0.5) is 0 Å². The first kappa shape index (κ1) is 26.4. The van der Waals surface area contributed by atoms with Gasteiger partial charge in [-0.05, 0) is 71.5 Å². The van der Waals surface area contributed by atoms with Crippen molar-refractivity contribution in [2.45, 2.75) is 88.6 Å². The highest BCUT2D eigenvalue weighted by molar-refractivity contribution is 5.95. The summed E-state index contributed by atoms with van der Waals surface area (Å²) in [6, 6.07) is -0.641. The van der Waals surface area contributed by atoms with Crippen molar-refractivity contribution in [1.82, 2.24) is 15.1 Å². The molecule has 0 aromatic heterocycles. The fourth-order valence-corrected chi connectivity index (χ4v) is 5.40. The van der Waals surface area contributed by atoms with Crippen LogP contribution < -0.4 is 5.32 Å². The lowest BCUT2D eigenvalue weighted by atomic mass is 9.96. The molecule has 2 saturated heterocycles. The maximum atomic E-state index is 13.0. The highest BCUT2D eigenvalue weighted by atomic mass is 16.4. The van der Waals surface area contributed by atoms with E-state index in [-0.39, 0.29) is 24.2 Å². The molecule has 2 amide bonds. The molecule has 8 heteroatoms. The second-order valence-corrected chi connectivity index (χ2v) is 10.3. The third kappa shape index (κ3) is 6.68. The number of nitrogens with one attached hydrogen (secondary N) is 1. The zero-order valence-electron chi connectivity index (χ0n) is 20.5. The van der Waals surface area contributed by atoms with E-state index in [0.717, 1.165) is 32.0 Å². The van der Waals surface area contributed by atoms with Crippen molar-refractivity contribution in [3.63, 3.8) is 0 Å². The summed E-state index contributed by atoms with van der Waals surface area (Å²) in [5.74, 6) is -2.15. The fraction of sp³-hybridized carbons (Fsp3) is 0.769. The van der Waals surface area contributed by atoms with Crippen molar-refractivity contribution < 1.29 is 24.3 Å². The highest BCUT2D eigenvalue weighted by Gasteiger charge is 2.61. The topological polar surface area (TPSA) is 107 Å². The van der Waals surface area contributed by atoms with Crippen molar-refractivity contribution in [3.05, 3.63) is 12.2 Å². The number of likely N-dealkylation sites (tertiary alicyclic amines) is 1. The van der Waals surface area contributed by atoms with Crippen molar-refractivity contribution in [2.75, 3.05) is 26.7 Å². The molecular weight excluding hydrogens is 434 g/mol. The number of carboxylic acid groups (broad SMARTS) is 1. The summed E-state index contributed by atoms with van der Waals surface area (Å²) in [4.78, 5) is 52.6. The first-order valence-electron chi connectivity index (χ1n) is 13.0. The first-order chi connectivity index (χ1) is 16.4. The summed E-state index contributed by atoms with van der Waals surface area (Å²) in [6.45, 7) is 3.12. The van der Waals surface area contributed by atoms with Gasteiger partial charge in [0.2, 0.25) is 11.8 Å². The molecule has 0 aromatic rings. The molecule has 3 heterocycles. The van der Waals surface area contributed by atoms with E-state index >= 15 is 0 Å². The fourth-order valence-electron chi connectivity index (χ4n) is 5.40. The number of carbonyl (C=O) groups excluding carboxylic acids is 3. The van der Waals surface area contributed by atoms with Crippen molar-refractivity contribution in [1.29, 1.82) is 0 Å². The van der Waals surface area contributed by atoms with Crippen LogP contribution >= 0.6 is 0 Å². The minimum absolute atomic E-state index is 0.149. The molecule has 0 radical (unpaired) electrons. The van der Waals surface area contributed by atoms with Gasteiger partial charge in [0.25, 0.3) is 0 Å². The predicted octanol–water partition coefficient (Wildman–Crippen LogP) is 2.76. The number of rotatable bonds is 3. The van der Waals surface area contributed by atoms with Gasteiger partial charge < -0.3 is 25.0 Å². The molecule has 2 N–H and O–H groups in total. The first-order valence-corrected chi connectivity index (χ1v) is 13.0. The van der Waals surface area contributed by atoms with Crippen LogP contribution in [0.5, 0.6) is 0 Å². The van der Waals surface area contributed by atoms with Crippen LogP contribution in [0.25, 0.3) is 0 Å². The minimum atomic E-state index is -1.24. The standard InChI is InChI=1S/C20H28N2O5.C6H13N/c23-12-10-14-7-4-2-1-3-5-8-15-13-20(15,19(26)27)21-17(24)16-9-6-11-22(16)18(14)25;1-7-5-3-2-4-6-7/h5,8,12,14-16H,1-4,6-7,9-11,13H2,(H,21,24)(H,26,27);2-6H2,1H3/b8-5-;/t14-,15?,16-,20?;/m0./s1. The maximum Gasteiger partial charge on any atom is 0.330 e. The lowest BCUT2D eigenvalue weighted by Crippen LogP contribution is -2.53. The van der Waals surface area contributed by atoms with Gasteiger partial charge in [-0.25, -0.2) is 4.79 Å². The molecule has 4 aliphatic rings. The molecule has 34 heavy (non-hydrogen) atoms. The molecule has 0 aromatic carbocycles. The van der Waals surface area contributed by atoms with Crippen molar-refractivity contribution in [3.8, 4) is 0 Å². The SMILES string of the molecule is CN1CCCCC1.O=CC[C@@H]1CCCCC/C=C\C2CC2(C(=O)O)NC(=O)[C@@H]2CCCN2C1=O. The number of hydrogen-bond donors (Lipinski definition) is 2. The van der Waals surface area contributed by atoms with Gasteiger partial charge in [0.05, 0.1) is 0 Å². The Morgan fingerprint density at radius 1 is 1.09 bits per heavy atom. The second kappa shape index (κ2) is 12.5. The monoisotopic (exact) mass is 475 g/mol. The number of fused-ring (bicyclic) bond motifs is 2. The smallest absolute Gasteiger partial charge is 0.330 e. The summed E-state index contributed by atoms with van der Waals surface area (Å²) in [5, 5.41) is 12.4. The molecule has 0 bridgehead atoms. The number of carboxylic acids is 1. The third-order valence-electron chi connectivity index (χ3n) is 7.68. The third-order valence-corrected chi connectivity index (χ3v) is 7.68. The molecule has 190 valence electrons. The normalized spacial score (nSPS) is 33.7. The van der Waals surface area contributed by atoms with E-state index in [2.05, 4.69) is 17.3 Å². The van der Waals surface area contributed by atoms with Crippen LogP contribution in [0.3, 0.4) is 0 Å². The lowest BCUT2D eigenvalue weighted by Gasteiger charge is -2.28. The quantitative estimate of drug-likeness (QED) is 0.480. The van der Waals surface area contributed by atoms with E-state index in [1.54, 1.807) is 4.90 Å². The summed E-state index contributed by atoms with van der Waals surface area (Å²) in [7, 11) is 2.19. The van der Waals surface area contributed by atoms with Gasteiger partial charge in [-0.2, -0.15) is 0 Å². The number of aliphatic carboxylic acids is 1. The zero-order chi connectivity index (χ0) is 24.6. The number of allylic oxidation sites excluding steroid dienone is 1. The molecule has 0 spiro atoms. The van der Waals surface area contributed by atoms with E-state index < -0.39 is 23.5 Å². The average Bonchev–Trinajstić information content (AvgIpc) is 3.28. The van der Waals surface area contributed by atoms with E-state index in [0.29, 0.717) is 32.2 Å². The predicted molar refractivity (Wildman–Crippen MR) is 129 cm³/mol. The molecule has 2 unspecified atom stereocenters. The van der Waals surface area contributed by atoms with E-state index in [4.69, 9.17) is 0 Å². The Hall–Kier alpha value is -2.22. The average molecular weight is 476 g/mol. The molecule has 3 fully saturated rings. The van der Waals surface area contributed by atoms with Crippen molar-refractivity contribution in [2.24, 2.45) is 11.8 Å². The Kier molecular flexibility index (Phi) is 9.68. The zero-order valence-corrected chi connectivity index (χ0v) is 20.5. The summed E-state index contributed by atoms with van der Waals surface area (Å²) < 4.78 is 0. The Labute approximate surface area is 203 Å². The molecule has 4 atom stereocenters. The Morgan fingerprint density at radius 2 is 1.82 bits per heavy atom. The number of hydrogen-bond acceptors (Lipinski definition) is 5. The van der Waals surface area contributed by atoms with E-state index in [9.17, 15) is 24.3 Å². The van der Waals surface area contributed by atoms with Crippen LogP contribution in [0, 0.1) is 11.8 Å². The van der Waals surface area contributed by atoms with E-state index in [1.807, 2.05) is 12.2 Å².